The lowest BCUT2D eigenvalue weighted by molar-refractivity contribution is -0.186. The van der Waals surface area contributed by atoms with Crippen molar-refractivity contribution in [3.63, 3.8) is 0 Å². The Morgan fingerprint density at radius 1 is 0.773 bits per heavy atom. The normalized spacial score (nSPS) is 42.4. The Morgan fingerprint density at radius 3 is 2.23 bits per heavy atom. The van der Waals surface area contributed by atoms with Gasteiger partial charge in [0.25, 0.3) is 0 Å². The van der Waals surface area contributed by atoms with Crippen LogP contribution in [0, 0.1) is 51.2 Å². The average Bonchev–Trinajstić information content (AvgIpc) is 3.65. The van der Waals surface area contributed by atoms with Gasteiger partial charge in [-0.3, -0.25) is 4.79 Å². The van der Waals surface area contributed by atoms with Crippen molar-refractivity contribution in [2.24, 2.45) is 51.2 Å². The number of carboxylic acids is 2. The number of hydrogen-bond donors (Lipinski definition) is 2. The van der Waals surface area contributed by atoms with Crippen molar-refractivity contribution < 1.29 is 24.6 Å². The van der Waals surface area contributed by atoms with Crippen molar-refractivity contribution in [3.8, 4) is 0 Å². The summed E-state index contributed by atoms with van der Waals surface area (Å²) in [5.74, 6) is 1.25. The minimum Gasteiger partial charge on any atom is -0.480 e. The van der Waals surface area contributed by atoms with E-state index in [-0.39, 0.29) is 27.6 Å². The lowest BCUT2D eigenvalue weighted by Crippen LogP contribution is -2.62. The quantitative estimate of drug-likeness (QED) is 0.366. The molecule has 1 aliphatic heterocycles. The molecule has 6 heteroatoms. The van der Waals surface area contributed by atoms with Gasteiger partial charge in [-0.25, -0.2) is 9.59 Å². The van der Waals surface area contributed by atoms with Gasteiger partial charge >= 0.3 is 11.9 Å². The highest BCUT2D eigenvalue weighted by molar-refractivity contribution is 5.89. The zero-order chi connectivity index (χ0) is 31.2. The maximum Gasteiger partial charge on any atom is 0.335 e. The van der Waals surface area contributed by atoms with E-state index in [2.05, 4.69) is 33.8 Å². The van der Waals surface area contributed by atoms with Crippen LogP contribution in [0.4, 0.5) is 0 Å². The molecule has 6 aliphatic rings. The van der Waals surface area contributed by atoms with Crippen LogP contribution >= 0.6 is 0 Å². The predicted molar refractivity (Wildman–Crippen MR) is 170 cm³/mol. The van der Waals surface area contributed by atoms with Gasteiger partial charge in [-0.05, 0) is 140 Å². The summed E-state index contributed by atoms with van der Waals surface area (Å²) in [6.45, 7) is 10.6. The van der Waals surface area contributed by atoms with Gasteiger partial charge < -0.3 is 15.1 Å². The van der Waals surface area contributed by atoms with Crippen LogP contribution < -0.4 is 0 Å². The number of fused-ring (bicyclic) bond motifs is 7. The number of benzene rings is 1. The fourth-order valence-electron chi connectivity index (χ4n) is 13.0. The summed E-state index contributed by atoms with van der Waals surface area (Å²) in [5, 5.41) is 19.3. The summed E-state index contributed by atoms with van der Waals surface area (Å²) >= 11 is 0. The summed E-state index contributed by atoms with van der Waals surface area (Å²) < 4.78 is 0. The van der Waals surface area contributed by atoms with Crippen molar-refractivity contribution in [3.05, 3.63) is 41.5 Å². The maximum atomic E-state index is 14.3. The molecule has 5 fully saturated rings. The topological polar surface area (TPSA) is 94.9 Å². The Morgan fingerprint density at radius 2 is 1.52 bits per heavy atom. The molecule has 1 saturated heterocycles. The Bertz CT molecular complexity index is 1400. The molecule has 7 rings (SSSR count). The van der Waals surface area contributed by atoms with Gasteiger partial charge in [0.2, 0.25) is 5.91 Å². The molecule has 1 amide bonds. The number of likely N-dealkylation sites (tertiary alicyclic amines) is 1. The number of rotatable bonds is 4. The highest BCUT2D eigenvalue weighted by Gasteiger charge is 2.67. The number of nitrogens with zero attached hydrogens (tertiary/aromatic N) is 1. The van der Waals surface area contributed by atoms with E-state index in [1.54, 1.807) is 17.0 Å². The third-order valence-electron chi connectivity index (χ3n) is 14.8. The zero-order valence-electron chi connectivity index (χ0n) is 27.1. The number of carbonyl (C=O) groups is 3. The van der Waals surface area contributed by atoms with Crippen molar-refractivity contribution in [2.75, 3.05) is 6.54 Å². The molecule has 4 saturated carbocycles. The summed E-state index contributed by atoms with van der Waals surface area (Å²) in [4.78, 5) is 39.6. The summed E-state index contributed by atoms with van der Waals surface area (Å²) in [6, 6.07) is 6.83. The first-order chi connectivity index (χ1) is 20.8. The van der Waals surface area contributed by atoms with Crippen LogP contribution in [0.15, 0.2) is 30.3 Å². The maximum absolute atomic E-state index is 14.3. The summed E-state index contributed by atoms with van der Waals surface area (Å²) in [6.07, 6.45) is 15.0. The van der Waals surface area contributed by atoms with E-state index in [0.29, 0.717) is 48.1 Å². The molecule has 5 unspecified atom stereocenters. The number of carboxylic acid groups (broad SMARTS) is 2. The largest absolute Gasteiger partial charge is 0.480 e. The molecule has 9 atom stereocenters. The molecule has 0 bridgehead atoms. The average molecular weight is 602 g/mol. The number of aliphatic carboxylic acids is 1. The van der Waals surface area contributed by atoms with E-state index in [0.717, 1.165) is 50.5 Å². The Balaban J connectivity index is 1.16. The smallest absolute Gasteiger partial charge is 0.335 e. The molecule has 1 aromatic rings. The second-order valence-electron chi connectivity index (χ2n) is 16.6. The second kappa shape index (κ2) is 10.2. The van der Waals surface area contributed by atoms with E-state index in [9.17, 15) is 24.6 Å². The van der Waals surface area contributed by atoms with Gasteiger partial charge in [0.05, 0.1) is 11.0 Å². The minimum absolute atomic E-state index is 0.00802. The predicted octanol–water partition coefficient (Wildman–Crippen LogP) is 7.92. The van der Waals surface area contributed by atoms with E-state index in [1.807, 2.05) is 12.1 Å². The van der Waals surface area contributed by atoms with Crippen LogP contribution in [0.5, 0.6) is 0 Å². The van der Waals surface area contributed by atoms with E-state index in [4.69, 9.17) is 0 Å². The van der Waals surface area contributed by atoms with Gasteiger partial charge in [0.15, 0.2) is 0 Å². The fourth-order valence-corrected chi connectivity index (χ4v) is 13.0. The molecule has 5 aliphatic carbocycles. The number of aromatic carboxylic acids is 1. The monoisotopic (exact) mass is 601 g/mol. The van der Waals surface area contributed by atoms with Crippen LogP contribution in [0.2, 0.25) is 0 Å². The van der Waals surface area contributed by atoms with Crippen molar-refractivity contribution in [1.82, 2.24) is 4.90 Å². The van der Waals surface area contributed by atoms with Crippen molar-refractivity contribution >= 4 is 23.4 Å². The molecule has 1 aromatic carbocycles. The van der Waals surface area contributed by atoms with Crippen molar-refractivity contribution in [2.45, 2.75) is 111 Å². The highest BCUT2D eigenvalue weighted by Crippen LogP contribution is 2.73. The lowest BCUT2D eigenvalue weighted by atomic mass is 9.36. The molecule has 0 aromatic heterocycles. The zero-order valence-corrected chi connectivity index (χ0v) is 27.1. The van der Waals surface area contributed by atoms with E-state index < -0.39 is 18.0 Å². The van der Waals surface area contributed by atoms with Gasteiger partial charge in [-0.2, -0.15) is 0 Å². The SMILES string of the molecule is CC1(C)C(c2ccc(C(=O)O)cc2)=CC[C@@]2(C)C1CC[C@@]1(C)C3CC[C@@]4(C(=O)N5CCCC5C(=O)O)CCCC4[C@H]3CCC12. The first-order valence-electron chi connectivity index (χ1n) is 17.4. The fraction of sp³-hybridized carbons (Fsp3) is 0.711. The van der Waals surface area contributed by atoms with Crippen molar-refractivity contribution in [1.29, 1.82) is 0 Å². The molecule has 0 radical (unpaired) electrons. The van der Waals surface area contributed by atoms with E-state index in [1.165, 1.54) is 31.3 Å². The van der Waals surface area contributed by atoms with Crippen LogP contribution in [0.25, 0.3) is 5.57 Å². The van der Waals surface area contributed by atoms with Gasteiger partial charge in [0, 0.05) is 6.54 Å². The molecule has 2 N–H and O–H groups in total. The summed E-state index contributed by atoms with van der Waals surface area (Å²) in [7, 11) is 0. The molecule has 1 heterocycles. The standard InChI is InChI=1S/C38H51NO5/c1-35(2)26(23-9-11-24(12-10-23)32(40)41)15-19-37(4)30(35)17-20-36(3)27-16-21-38(34(44)39-22-6-8-29(39)33(42)43)18-5-7-28(38)25(27)13-14-31(36)37/h9-12,15,25,27-31H,5-8,13-14,16-22H2,1-4H3,(H,40,41)(H,42,43)/t25-,27?,28?,29?,30?,31?,36-,37-,38-/m0/s1. The third kappa shape index (κ3) is 4.07. The lowest BCUT2D eigenvalue weighted by Gasteiger charge is -2.68. The van der Waals surface area contributed by atoms with Gasteiger partial charge in [0.1, 0.15) is 6.04 Å². The second-order valence-corrected chi connectivity index (χ2v) is 16.6. The van der Waals surface area contributed by atoms with E-state index >= 15 is 0 Å². The first-order valence-corrected chi connectivity index (χ1v) is 17.4. The van der Waals surface area contributed by atoms with Crippen LogP contribution in [0.3, 0.4) is 0 Å². The first kappa shape index (κ1) is 30.0. The molecular weight excluding hydrogens is 550 g/mol. The Labute approximate surface area is 262 Å². The van der Waals surface area contributed by atoms with Crippen LogP contribution in [-0.4, -0.2) is 45.5 Å². The molecule has 0 spiro atoms. The number of hydrogen-bond acceptors (Lipinski definition) is 3. The third-order valence-corrected chi connectivity index (χ3v) is 14.8. The molecule has 238 valence electrons. The Kier molecular flexibility index (Phi) is 6.96. The summed E-state index contributed by atoms with van der Waals surface area (Å²) in [5.41, 5.74) is 2.96. The number of allylic oxidation sites excluding steroid dienone is 2. The minimum atomic E-state index is -0.884. The molecular formula is C38H51NO5. The number of amides is 1. The highest BCUT2D eigenvalue weighted by atomic mass is 16.4. The van der Waals surface area contributed by atoms with Crippen LogP contribution in [0.1, 0.15) is 121 Å². The Hall–Kier alpha value is -2.63. The van der Waals surface area contributed by atoms with Gasteiger partial charge in [-0.15, -0.1) is 0 Å². The number of carbonyl (C=O) groups excluding carboxylic acids is 1. The molecule has 6 nitrogen and oxygen atoms in total. The van der Waals surface area contributed by atoms with Gasteiger partial charge in [-0.1, -0.05) is 52.3 Å². The molecule has 44 heavy (non-hydrogen) atoms. The van der Waals surface area contributed by atoms with Crippen LogP contribution in [-0.2, 0) is 9.59 Å².